The third-order valence-electron chi connectivity index (χ3n) is 2.49. The zero-order valence-corrected chi connectivity index (χ0v) is 11.0. The van der Waals surface area contributed by atoms with Gasteiger partial charge < -0.3 is 5.32 Å². The summed E-state index contributed by atoms with van der Waals surface area (Å²) in [5, 5.41) is 3.52. The molecule has 0 spiro atoms. The highest BCUT2D eigenvalue weighted by molar-refractivity contribution is 6.17. The maximum atomic E-state index is 5.69. The lowest BCUT2D eigenvalue weighted by Gasteiger charge is -2.24. The summed E-state index contributed by atoms with van der Waals surface area (Å²) in [4.78, 5) is 0. The van der Waals surface area contributed by atoms with Crippen molar-refractivity contribution < 1.29 is 0 Å². The molecule has 1 nitrogen and oxygen atoms in total. The molecular formula is C12H26ClN. The van der Waals surface area contributed by atoms with Crippen molar-refractivity contribution in [3.05, 3.63) is 0 Å². The molecule has 0 bridgehead atoms. The Balaban J connectivity index is 3.44. The van der Waals surface area contributed by atoms with Crippen LogP contribution in [0.2, 0.25) is 0 Å². The van der Waals surface area contributed by atoms with E-state index in [2.05, 4.69) is 33.0 Å². The van der Waals surface area contributed by atoms with Gasteiger partial charge in [-0.25, -0.2) is 0 Å². The Bertz CT molecular complexity index is 132. The summed E-state index contributed by atoms with van der Waals surface area (Å²) >= 11 is 5.69. The van der Waals surface area contributed by atoms with Crippen LogP contribution in [0.4, 0.5) is 0 Å². The van der Waals surface area contributed by atoms with Crippen LogP contribution in [-0.2, 0) is 0 Å². The molecule has 2 heteroatoms. The molecule has 0 aromatic carbocycles. The van der Waals surface area contributed by atoms with Gasteiger partial charge in [-0.3, -0.25) is 0 Å². The van der Waals surface area contributed by atoms with E-state index in [4.69, 9.17) is 11.6 Å². The van der Waals surface area contributed by atoms with E-state index in [9.17, 15) is 0 Å². The molecule has 0 aromatic heterocycles. The van der Waals surface area contributed by atoms with Crippen molar-refractivity contribution in [2.75, 3.05) is 19.0 Å². The van der Waals surface area contributed by atoms with Crippen molar-refractivity contribution in [3.8, 4) is 0 Å². The highest BCUT2D eigenvalue weighted by Gasteiger charge is 2.16. The highest BCUT2D eigenvalue weighted by atomic mass is 35.5. The Hall–Kier alpha value is 0.250. The number of hydrogen-bond donors (Lipinski definition) is 1. The third kappa shape index (κ3) is 8.83. The van der Waals surface area contributed by atoms with Gasteiger partial charge in [-0.2, -0.15) is 0 Å². The second-order valence-corrected chi connectivity index (χ2v) is 5.69. The van der Waals surface area contributed by atoms with Gasteiger partial charge in [0.15, 0.2) is 0 Å². The van der Waals surface area contributed by atoms with Crippen LogP contribution in [0.3, 0.4) is 0 Å². The predicted molar refractivity (Wildman–Crippen MR) is 66.1 cm³/mol. The van der Waals surface area contributed by atoms with Crippen LogP contribution in [-0.4, -0.2) is 19.0 Å². The number of nitrogens with one attached hydrogen (secondary N) is 1. The lowest BCUT2D eigenvalue weighted by atomic mass is 9.88. The molecule has 0 saturated heterocycles. The zero-order chi connectivity index (χ0) is 11.0. The van der Waals surface area contributed by atoms with E-state index in [-0.39, 0.29) is 0 Å². The molecule has 0 heterocycles. The van der Waals surface area contributed by atoms with E-state index in [1.54, 1.807) is 0 Å². The molecule has 0 radical (unpaired) electrons. The molecule has 0 saturated carbocycles. The van der Waals surface area contributed by atoms with Gasteiger partial charge in [-0.05, 0) is 37.1 Å². The Kier molecular flexibility index (Phi) is 7.66. The number of hydrogen-bond acceptors (Lipinski definition) is 1. The summed E-state index contributed by atoms with van der Waals surface area (Å²) in [5.41, 5.74) is 0.395. The fourth-order valence-corrected chi connectivity index (χ4v) is 1.58. The minimum atomic E-state index is 0.395. The van der Waals surface area contributed by atoms with E-state index in [0.717, 1.165) is 31.3 Å². The Morgan fingerprint density at radius 2 is 1.93 bits per heavy atom. The van der Waals surface area contributed by atoms with Crippen molar-refractivity contribution in [2.45, 2.75) is 47.0 Å². The van der Waals surface area contributed by atoms with Gasteiger partial charge in [0.25, 0.3) is 0 Å². The van der Waals surface area contributed by atoms with Gasteiger partial charge >= 0.3 is 0 Å². The SMILES string of the molecule is CC(C)CCNCC(C)(C)CCCCl. The van der Waals surface area contributed by atoms with Crippen LogP contribution in [0.1, 0.15) is 47.0 Å². The van der Waals surface area contributed by atoms with Crippen LogP contribution >= 0.6 is 11.6 Å². The van der Waals surface area contributed by atoms with E-state index in [0.29, 0.717) is 5.41 Å². The van der Waals surface area contributed by atoms with Crippen molar-refractivity contribution in [2.24, 2.45) is 11.3 Å². The summed E-state index contributed by atoms with van der Waals surface area (Å²) in [7, 11) is 0. The molecule has 0 unspecified atom stereocenters. The Labute approximate surface area is 94.6 Å². The molecule has 0 amide bonds. The first-order valence-corrected chi connectivity index (χ1v) is 6.28. The smallest absolute Gasteiger partial charge is 0.0223 e. The molecular weight excluding hydrogens is 194 g/mol. The predicted octanol–water partition coefficient (Wildman–Crippen LogP) is 3.67. The number of alkyl halides is 1. The van der Waals surface area contributed by atoms with E-state index in [1.165, 1.54) is 12.8 Å². The van der Waals surface area contributed by atoms with E-state index >= 15 is 0 Å². The summed E-state index contributed by atoms with van der Waals surface area (Å²) in [6.45, 7) is 11.4. The molecule has 0 atom stereocenters. The zero-order valence-electron chi connectivity index (χ0n) is 10.2. The molecule has 14 heavy (non-hydrogen) atoms. The van der Waals surface area contributed by atoms with Crippen molar-refractivity contribution in [3.63, 3.8) is 0 Å². The molecule has 1 N–H and O–H groups in total. The fourth-order valence-electron chi connectivity index (χ4n) is 1.45. The fraction of sp³-hybridized carbons (Fsp3) is 1.00. The minimum absolute atomic E-state index is 0.395. The molecule has 0 aliphatic rings. The Morgan fingerprint density at radius 1 is 1.29 bits per heavy atom. The standard InChI is InChI=1S/C12H26ClN/c1-11(2)6-9-14-10-12(3,4)7-5-8-13/h11,14H,5-10H2,1-4H3. The van der Waals surface area contributed by atoms with Crippen LogP contribution in [0, 0.1) is 11.3 Å². The van der Waals surface area contributed by atoms with Gasteiger partial charge in [0.05, 0.1) is 0 Å². The number of halogens is 1. The average Bonchev–Trinajstić information content (AvgIpc) is 2.09. The van der Waals surface area contributed by atoms with E-state index in [1.807, 2.05) is 0 Å². The summed E-state index contributed by atoms with van der Waals surface area (Å²) < 4.78 is 0. The van der Waals surface area contributed by atoms with Gasteiger partial charge in [-0.1, -0.05) is 27.7 Å². The van der Waals surface area contributed by atoms with Gasteiger partial charge in [0.1, 0.15) is 0 Å². The first-order valence-electron chi connectivity index (χ1n) is 5.74. The van der Waals surface area contributed by atoms with Gasteiger partial charge in [0, 0.05) is 12.4 Å². The molecule has 0 aromatic rings. The van der Waals surface area contributed by atoms with Gasteiger partial charge in [-0.15, -0.1) is 11.6 Å². The molecule has 0 aliphatic carbocycles. The molecule has 0 rings (SSSR count). The summed E-state index contributed by atoms with van der Waals surface area (Å²) in [6.07, 6.45) is 3.61. The monoisotopic (exact) mass is 219 g/mol. The van der Waals surface area contributed by atoms with Crippen molar-refractivity contribution >= 4 is 11.6 Å². The van der Waals surface area contributed by atoms with Crippen LogP contribution in [0.15, 0.2) is 0 Å². The van der Waals surface area contributed by atoms with Gasteiger partial charge in [0.2, 0.25) is 0 Å². The average molecular weight is 220 g/mol. The van der Waals surface area contributed by atoms with Crippen LogP contribution < -0.4 is 5.32 Å². The lowest BCUT2D eigenvalue weighted by molar-refractivity contribution is 0.308. The maximum absolute atomic E-state index is 5.69. The van der Waals surface area contributed by atoms with Crippen molar-refractivity contribution in [1.82, 2.24) is 5.32 Å². The number of rotatable bonds is 8. The van der Waals surface area contributed by atoms with Crippen LogP contribution in [0.5, 0.6) is 0 Å². The molecule has 0 aliphatic heterocycles. The second kappa shape index (κ2) is 7.53. The summed E-state index contributed by atoms with van der Waals surface area (Å²) in [5.74, 6) is 1.59. The maximum Gasteiger partial charge on any atom is 0.0223 e. The lowest BCUT2D eigenvalue weighted by Crippen LogP contribution is -2.30. The van der Waals surface area contributed by atoms with Crippen LogP contribution in [0.25, 0.3) is 0 Å². The second-order valence-electron chi connectivity index (χ2n) is 5.32. The first kappa shape index (κ1) is 14.2. The largest absolute Gasteiger partial charge is 0.316 e. The quantitative estimate of drug-likeness (QED) is 0.485. The Morgan fingerprint density at radius 3 is 2.43 bits per heavy atom. The topological polar surface area (TPSA) is 12.0 Å². The first-order chi connectivity index (χ1) is 6.48. The normalized spacial score (nSPS) is 12.4. The minimum Gasteiger partial charge on any atom is -0.316 e. The summed E-state index contributed by atoms with van der Waals surface area (Å²) in [6, 6.07) is 0. The molecule has 0 fully saturated rings. The van der Waals surface area contributed by atoms with E-state index < -0.39 is 0 Å². The third-order valence-corrected chi connectivity index (χ3v) is 2.76. The molecule has 86 valence electrons. The highest BCUT2D eigenvalue weighted by Crippen LogP contribution is 2.21. The van der Waals surface area contributed by atoms with Crippen molar-refractivity contribution in [1.29, 1.82) is 0 Å².